The third-order valence-corrected chi connectivity index (χ3v) is 8.16. The van der Waals surface area contributed by atoms with E-state index in [1.54, 1.807) is 6.08 Å². The van der Waals surface area contributed by atoms with Gasteiger partial charge in [-0.3, -0.25) is 9.59 Å². The zero-order valence-corrected chi connectivity index (χ0v) is 14.1. The van der Waals surface area contributed by atoms with Gasteiger partial charge < -0.3 is 0 Å². The van der Waals surface area contributed by atoms with E-state index in [2.05, 4.69) is 13.0 Å². The summed E-state index contributed by atoms with van der Waals surface area (Å²) in [5.41, 5.74) is -0.0682. The van der Waals surface area contributed by atoms with Crippen LogP contribution in [0.2, 0.25) is 0 Å². The van der Waals surface area contributed by atoms with E-state index < -0.39 is 0 Å². The maximum atomic E-state index is 12.4. The molecule has 0 heterocycles. The van der Waals surface area contributed by atoms with Crippen molar-refractivity contribution in [1.29, 1.82) is 0 Å². The van der Waals surface area contributed by atoms with E-state index >= 15 is 0 Å². The molecule has 4 rings (SSSR count). The summed E-state index contributed by atoms with van der Waals surface area (Å²) in [6.45, 7) is 2.22. The minimum atomic E-state index is -0.0592. The maximum Gasteiger partial charge on any atom is 0.156 e. The van der Waals surface area contributed by atoms with Gasteiger partial charge in [0.2, 0.25) is 0 Å². The Morgan fingerprint density at radius 1 is 1.18 bits per heavy atom. The molecule has 3 heteroatoms. The topological polar surface area (TPSA) is 34.1 Å². The van der Waals surface area contributed by atoms with Gasteiger partial charge in [0.1, 0.15) is 5.78 Å². The normalized spacial score (nSPS) is 50.5. The van der Waals surface area contributed by atoms with Crippen LogP contribution >= 0.6 is 11.6 Å². The summed E-state index contributed by atoms with van der Waals surface area (Å²) in [7, 11) is 0. The number of fused-ring (bicyclic) bond motifs is 5. The highest BCUT2D eigenvalue weighted by Crippen LogP contribution is 2.63. The molecular formula is C19H25ClO2. The van der Waals surface area contributed by atoms with Crippen LogP contribution < -0.4 is 0 Å². The zero-order chi connectivity index (χ0) is 15.5. The fraction of sp³-hybridized carbons (Fsp3) is 0.789. The van der Waals surface area contributed by atoms with E-state index in [-0.39, 0.29) is 16.6 Å². The van der Waals surface area contributed by atoms with Crippen molar-refractivity contribution >= 4 is 23.2 Å². The van der Waals surface area contributed by atoms with Crippen LogP contribution in [0.25, 0.3) is 0 Å². The average molecular weight is 321 g/mol. The van der Waals surface area contributed by atoms with Crippen molar-refractivity contribution < 1.29 is 9.59 Å². The summed E-state index contributed by atoms with van der Waals surface area (Å²) in [6, 6.07) is 0. The summed E-state index contributed by atoms with van der Waals surface area (Å²) >= 11 is 6.36. The molecule has 0 saturated heterocycles. The van der Waals surface area contributed by atoms with Crippen LogP contribution in [0.15, 0.2) is 12.2 Å². The summed E-state index contributed by atoms with van der Waals surface area (Å²) in [6.07, 6.45) is 10.8. The number of allylic oxidation sites excluding steroid dienone is 2. The Hall–Kier alpha value is -0.630. The molecule has 0 bridgehead atoms. The van der Waals surface area contributed by atoms with Gasteiger partial charge in [0.25, 0.3) is 0 Å². The molecule has 4 aliphatic rings. The average Bonchev–Trinajstić information content (AvgIpc) is 2.82. The standard InChI is InChI=1S/C19H25ClO2/c1-18-8-6-14-13(15(18)4-5-17(18)22)7-9-19(11-20)10-12(21)2-3-16(14)19/h2-3,13-16H,4-11H2,1H3/t13-,14+,15+,16-,18+,19-/m1/s1. The van der Waals surface area contributed by atoms with Crippen LogP contribution in [-0.2, 0) is 9.59 Å². The van der Waals surface area contributed by atoms with Gasteiger partial charge in [0, 0.05) is 24.1 Å². The largest absolute Gasteiger partial charge is 0.299 e. The number of ketones is 2. The molecule has 3 saturated carbocycles. The lowest BCUT2D eigenvalue weighted by atomic mass is 9.48. The van der Waals surface area contributed by atoms with Gasteiger partial charge in [0.05, 0.1) is 0 Å². The Kier molecular flexibility index (Phi) is 3.35. The van der Waals surface area contributed by atoms with Crippen LogP contribution in [0.5, 0.6) is 0 Å². The molecule has 0 aromatic carbocycles. The van der Waals surface area contributed by atoms with Gasteiger partial charge in [0.15, 0.2) is 5.78 Å². The summed E-state index contributed by atoms with van der Waals surface area (Å²) < 4.78 is 0. The molecular weight excluding hydrogens is 296 g/mol. The highest BCUT2D eigenvalue weighted by molar-refractivity contribution is 6.18. The highest BCUT2D eigenvalue weighted by Gasteiger charge is 2.59. The zero-order valence-electron chi connectivity index (χ0n) is 13.3. The van der Waals surface area contributed by atoms with E-state index in [1.165, 1.54) is 0 Å². The molecule has 0 N–H and O–H groups in total. The molecule has 0 aromatic rings. The number of rotatable bonds is 1. The first-order valence-electron chi connectivity index (χ1n) is 8.80. The predicted octanol–water partition coefficient (Wildman–Crippen LogP) is 4.16. The van der Waals surface area contributed by atoms with E-state index in [1.807, 2.05) is 0 Å². The predicted molar refractivity (Wildman–Crippen MR) is 86.7 cm³/mol. The first-order valence-corrected chi connectivity index (χ1v) is 9.34. The molecule has 0 radical (unpaired) electrons. The molecule has 4 aliphatic carbocycles. The lowest BCUT2D eigenvalue weighted by molar-refractivity contribution is -0.134. The minimum absolute atomic E-state index is 0.00902. The molecule has 3 fully saturated rings. The molecule has 2 nitrogen and oxygen atoms in total. The first kappa shape index (κ1) is 14.9. The molecule has 120 valence electrons. The third kappa shape index (κ3) is 1.85. The van der Waals surface area contributed by atoms with Gasteiger partial charge in [-0.15, -0.1) is 11.6 Å². The lowest BCUT2D eigenvalue weighted by Crippen LogP contribution is -2.52. The SMILES string of the molecule is C[C@]12CC[C@H]3[C@@H](CC[C@]4(CCl)CC(=O)C=C[C@H]34)[C@@H]1CCC2=O. The van der Waals surface area contributed by atoms with Crippen LogP contribution in [0.4, 0.5) is 0 Å². The van der Waals surface area contributed by atoms with E-state index in [0.717, 1.165) is 38.5 Å². The second-order valence-corrected chi connectivity index (χ2v) is 8.68. The van der Waals surface area contributed by atoms with E-state index in [4.69, 9.17) is 11.6 Å². The molecule has 0 aromatic heterocycles. The monoisotopic (exact) mass is 320 g/mol. The molecule has 0 aliphatic heterocycles. The number of hydrogen-bond donors (Lipinski definition) is 0. The van der Waals surface area contributed by atoms with Crippen LogP contribution in [0.1, 0.15) is 51.9 Å². The van der Waals surface area contributed by atoms with Gasteiger partial charge in [-0.05, 0) is 67.3 Å². The number of alkyl halides is 1. The smallest absolute Gasteiger partial charge is 0.156 e. The Balaban J connectivity index is 1.68. The fourth-order valence-electron chi connectivity index (χ4n) is 6.40. The Labute approximate surface area is 137 Å². The van der Waals surface area contributed by atoms with Crippen molar-refractivity contribution in [3.63, 3.8) is 0 Å². The van der Waals surface area contributed by atoms with E-state index in [0.29, 0.717) is 41.8 Å². The fourth-order valence-corrected chi connectivity index (χ4v) is 6.80. The van der Waals surface area contributed by atoms with Crippen molar-refractivity contribution in [2.45, 2.75) is 51.9 Å². The number of halogens is 1. The van der Waals surface area contributed by atoms with Gasteiger partial charge >= 0.3 is 0 Å². The number of carbonyl (C=O) groups excluding carboxylic acids is 2. The minimum Gasteiger partial charge on any atom is -0.299 e. The summed E-state index contributed by atoms with van der Waals surface area (Å²) in [5, 5.41) is 0. The van der Waals surface area contributed by atoms with Crippen LogP contribution in [-0.4, -0.2) is 17.4 Å². The van der Waals surface area contributed by atoms with Crippen LogP contribution in [0.3, 0.4) is 0 Å². The lowest BCUT2D eigenvalue weighted by Gasteiger charge is -2.57. The Morgan fingerprint density at radius 3 is 2.73 bits per heavy atom. The van der Waals surface area contributed by atoms with Gasteiger partial charge in [-0.25, -0.2) is 0 Å². The molecule has 0 unspecified atom stereocenters. The number of carbonyl (C=O) groups is 2. The third-order valence-electron chi connectivity index (χ3n) is 7.63. The maximum absolute atomic E-state index is 12.4. The molecule has 22 heavy (non-hydrogen) atoms. The first-order chi connectivity index (χ1) is 10.5. The summed E-state index contributed by atoms with van der Waals surface area (Å²) in [5.74, 6) is 3.63. The van der Waals surface area contributed by atoms with E-state index in [9.17, 15) is 9.59 Å². The Bertz CT molecular complexity index is 554. The molecule has 6 atom stereocenters. The van der Waals surface area contributed by atoms with Crippen LogP contribution in [0, 0.1) is 34.5 Å². The second kappa shape index (κ2) is 4.93. The van der Waals surface area contributed by atoms with Crippen molar-refractivity contribution in [1.82, 2.24) is 0 Å². The highest BCUT2D eigenvalue weighted by atomic mass is 35.5. The second-order valence-electron chi connectivity index (χ2n) is 8.41. The van der Waals surface area contributed by atoms with Gasteiger partial charge in [-0.1, -0.05) is 13.0 Å². The summed E-state index contributed by atoms with van der Waals surface area (Å²) in [4.78, 5) is 24.3. The van der Waals surface area contributed by atoms with Crippen molar-refractivity contribution in [3.05, 3.63) is 12.2 Å². The van der Waals surface area contributed by atoms with Gasteiger partial charge in [-0.2, -0.15) is 0 Å². The van der Waals surface area contributed by atoms with Crippen molar-refractivity contribution in [2.24, 2.45) is 34.5 Å². The molecule has 0 amide bonds. The number of hydrogen-bond acceptors (Lipinski definition) is 2. The van der Waals surface area contributed by atoms with Crippen molar-refractivity contribution in [2.75, 3.05) is 5.88 Å². The quantitative estimate of drug-likeness (QED) is 0.680. The Morgan fingerprint density at radius 2 is 1.95 bits per heavy atom. The number of Topliss-reactive ketones (excluding diaryl/α,β-unsaturated/α-hetero) is 1. The molecule has 0 spiro atoms. The van der Waals surface area contributed by atoms with Crippen molar-refractivity contribution in [3.8, 4) is 0 Å².